The highest BCUT2D eigenvalue weighted by Crippen LogP contribution is 2.68. The zero-order chi connectivity index (χ0) is 30.0. The monoisotopic (exact) mass is 585 g/mol. The number of aliphatic hydroxyl groups is 1. The molecule has 0 aromatic heterocycles. The molecule has 230 valence electrons. The molecule has 0 spiro atoms. The van der Waals surface area contributed by atoms with E-state index in [-0.39, 0.29) is 46.8 Å². The first kappa shape index (κ1) is 30.0. The molecule has 0 amide bonds. The average molecular weight is 586 g/mol. The first-order valence-electron chi connectivity index (χ1n) is 15.8. The van der Waals surface area contributed by atoms with Crippen LogP contribution in [0.2, 0.25) is 0 Å². The van der Waals surface area contributed by atoms with Crippen molar-refractivity contribution in [1.29, 1.82) is 0 Å². The van der Waals surface area contributed by atoms with Gasteiger partial charge in [-0.25, -0.2) is 9.18 Å². The van der Waals surface area contributed by atoms with Crippen LogP contribution < -0.4 is 10.2 Å². The van der Waals surface area contributed by atoms with E-state index >= 15 is 4.39 Å². The minimum absolute atomic E-state index is 0.0292. The Morgan fingerprint density at radius 2 is 2.00 bits per heavy atom. The van der Waals surface area contributed by atoms with Gasteiger partial charge in [0.1, 0.15) is 11.9 Å². The quantitative estimate of drug-likeness (QED) is 0.372. The first-order chi connectivity index (χ1) is 19.9. The van der Waals surface area contributed by atoms with Crippen molar-refractivity contribution in [1.82, 2.24) is 4.90 Å². The molecule has 3 saturated carbocycles. The van der Waals surface area contributed by atoms with Crippen molar-refractivity contribution in [2.24, 2.45) is 34.0 Å². The summed E-state index contributed by atoms with van der Waals surface area (Å²) in [7, 11) is -1.37. The van der Waals surface area contributed by atoms with E-state index in [4.69, 9.17) is 14.1 Å². The molecule has 0 unspecified atom stereocenters. The van der Waals surface area contributed by atoms with Crippen LogP contribution in [0, 0.1) is 39.8 Å². The van der Waals surface area contributed by atoms with E-state index < -0.39 is 48.5 Å². The smallest absolute Gasteiger partial charge is 0.479 e. The summed E-state index contributed by atoms with van der Waals surface area (Å²) in [5.41, 5.74) is -0.882. The fourth-order valence-corrected chi connectivity index (χ4v) is 9.32. The second kappa shape index (κ2) is 10.9. The van der Waals surface area contributed by atoms with E-state index in [2.05, 4.69) is 32.6 Å². The van der Waals surface area contributed by atoms with Gasteiger partial charge in [-0.2, -0.15) is 0 Å². The summed E-state index contributed by atoms with van der Waals surface area (Å²) in [6.45, 7) is 11.2. The Hall–Kier alpha value is -2.01. The maximum absolute atomic E-state index is 15.1. The maximum atomic E-state index is 15.1. The van der Waals surface area contributed by atoms with E-state index in [1.807, 2.05) is 0 Å². The van der Waals surface area contributed by atoms with E-state index in [0.29, 0.717) is 18.4 Å². The molecule has 2 N–H and O–H groups in total. The van der Waals surface area contributed by atoms with Gasteiger partial charge in [-0.15, -0.1) is 0 Å². The van der Waals surface area contributed by atoms with Gasteiger partial charge in [0.25, 0.3) is 0 Å². The van der Waals surface area contributed by atoms with Crippen molar-refractivity contribution in [3.05, 3.63) is 23.5 Å². The Morgan fingerprint density at radius 1 is 1.24 bits per heavy atom. The molecule has 1 aromatic carbocycles. The maximum Gasteiger partial charge on any atom is 0.494 e. The molecular weight excluding hydrogens is 540 g/mol. The standard InChI is InChI=1S/C32H45BFNO7/c1-19-8-10-32-11-9-22(36)28(32)31(19,4)24(16-30(3,29(38)20(32)2)12-15-35-13-5-14-35)42-25(37)18-40-23-7-6-21-17-41-33(39)26(21)27(23)34/h6-7,19-20,24,28-29,38-39H,5,8-18H2,1-4H3/t19-,20-,24+,28-,29-,30+,31-,32-/m0/s1. The number of esters is 1. The fourth-order valence-electron chi connectivity index (χ4n) is 9.32. The SMILES string of the molecule is C[C@H]1[C@H](O)[C@](C)(CCN2CCC2)C[C@@H](OC(=O)COc2ccc3c(c2F)B(O)OC3)[C@@]2(C)[C@@H]3C(=O)CC[C@]31CC[C@@H]2C. The molecule has 42 heavy (non-hydrogen) atoms. The second-order valence-electron chi connectivity index (χ2n) is 14.4. The number of ketones is 1. The summed E-state index contributed by atoms with van der Waals surface area (Å²) in [6.07, 6.45) is 4.18. The lowest BCUT2D eigenvalue weighted by Gasteiger charge is -2.62. The van der Waals surface area contributed by atoms with Gasteiger partial charge >= 0.3 is 13.1 Å². The fraction of sp³-hybridized carbons (Fsp3) is 0.750. The Morgan fingerprint density at radius 3 is 2.71 bits per heavy atom. The number of hydrogen-bond donors (Lipinski definition) is 2. The lowest BCUT2D eigenvalue weighted by Crippen LogP contribution is -2.63. The molecule has 6 rings (SSSR count). The molecule has 2 bridgehead atoms. The van der Waals surface area contributed by atoms with E-state index in [1.54, 1.807) is 6.07 Å². The normalized spacial score (nSPS) is 39.6. The number of fused-ring (bicyclic) bond motifs is 1. The summed E-state index contributed by atoms with van der Waals surface area (Å²) in [6, 6.07) is 3.05. The molecule has 2 aliphatic heterocycles. The summed E-state index contributed by atoms with van der Waals surface area (Å²) in [5.74, 6) is -1.54. The van der Waals surface area contributed by atoms with E-state index in [1.165, 1.54) is 12.5 Å². The average Bonchev–Trinajstić information content (AvgIpc) is 3.49. The number of rotatable bonds is 7. The lowest BCUT2D eigenvalue weighted by atomic mass is 9.43. The summed E-state index contributed by atoms with van der Waals surface area (Å²) in [4.78, 5) is 29.5. The molecule has 1 saturated heterocycles. The first-order valence-corrected chi connectivity index (χ1v) is 15.8. The van der Waals surface area contributed by atoms with Crippen LogP contribution in [0.3, 0.4) is 0 Å². The van der Waals surface area contributed by atoms with Gasteiger partial charge in [-0.3, -0.25) is 4.79 Å². The Bertz CT molecular complexity index is 1240. The number of nitrogens with zero attached hydrogens (tertiary/aromatic N) is 1. The zero-order valence-electron chi connectivity index (χ0n) is 25.4. The Kier molecular flexibility index (Phi) is 7.77. The number of benzene rings is 1. The third kappa shape index (κ3) is 4.63. The molecule has 10 heteroatoms. The number of Topliss-reactive ketones (excluding diaryl/α,β-unsaturated/α-hetero) is 1. The van der Waals surface area contributed by atoms with E-state index in [0.717, 1.165) is 45.3 Å². The Labute approximate surface area is 248 Å². The molecule has 8 nitrogen and oxygen atoms in total. The molecule has 2 heterocycles. The van der Waals surface area contributed by atoms with Crippen molar-refractivity contribution < 1.29 is 38.2 Å². The van der Waals surface area contributed by atoms with Crippen LogP contribution in [0.1, 0.15) is 78.2 Å². The van der Waals surface area contributed by atoms with Crippen LogP contribution >= 0.6 is 0 Å². The van der Waals surface area contributed by atoms with Crippen LogP contribution in [-0.4, -0.2) is 72.4 Å². The second-order valence-corrected chi connectivity index (χ2v) is 14.4. The van der Waals surface area contributed by atoms with Crippen LogP contribution in [0.15, 0.2) is 12.1 Å². The van der Waals surface area contributed by atoms with Crippen LogP contribution in [-0.2, 0) is 25.6 Å². The summed E-state index contributed by atoms with van der Waals surface area (Å²) < 4.78 is 32.1. The van der Waals surface area contributed by atoms with Crippen LogP contribution in [0.5, 0.6) is 5.75 Å². The highest BCUT2D eigenvalue weighted by atomic mass is 19.1. The predicted molar refractivity (Wildman–Crippen MR) is 154 cm³/mol. The number of likely N-dealkylation sites (tertiary alicyclic amines) is 1. The molecule has 3 aliphatic carbocycles. The number of aliphatic hydroxyl groups excluding tert-OH is 1. The summed E-state index contributed by atoms with van der Waals surface area (Å²) >= 11 is 0. The van der Waals surface area contributed by atoms with Gasteiger partial charge in [0.15, 0.2) is 18.2 Å². The highest BCUT2D eigenvalue weighted by molar-refractivity contribution is 6.61. The van der Waals surface area contributed by atoms with Crippen molar-refractivity contribution in [3.63, 3.8) is 0 Å². The zero-order valence-corrected chi connectivity index (χ0v) is 25.4. The van der Waals surface area contributed by atoms with Crippen molar-refractivity contribution in [3.8, 4) is 5.75 Å². The van der Waals surface area contributed by atoms with Gasteiger partial charge in [0.05, 0.1) is 12.7 Å². The molecule has 5 aliphatic rings. The predicted octanol–water partition coefficient (Wildman–Crippen LogP) is 3.24. The topological polar surface area (TPSA) is 106 Å². The number of ether oxygens (including phenoxy) is 2. The summed E-state index contributed by atoms with van der Waals surface area (Å²) in [5, 5.41) is 22.0. The third-order valence-electron chi connectivity index (χ3n) is 12.3. The minimum atomic E-state index is -1.37. The van der Waals surface area contributed by atoms with Crippen LogP contribution in [0.25, 0.3) is 0 Å². The molecular formula is C32H45BFNO7. The Balaban J connectivity index is 1.29. The number of halogens is 1. The van der Waals surface area contributed by atoms with Gasteiger partial charge < -0.3 is 29.2 Å². The minimum Gasteiger partial charge on any atom is -0.479 e. The van der Waals surface area contributed by atoms with Gasteiger partial charge in [0.2, 0.25) is 0 Å². The van der Waals surface area contributed by atoms with Crippen molar-refractivity contribution in [2.45, 2.75) is 91.5 Å². The van der Waals surface area contributed by atoms with Gasteiger partial charge in [-0.05, 0) is 92.5 Å². The largest absolute Gasteiger partial charge is 0.494 e. The molecule has 8 atom stereocenters. The van der Waals surface area contributed by atoms with Crippen molar-refractivity contribution >= 4 is 24.3 Å². The molecule has 4 fully saturated rings. The highest BCUT2D eigenvalue weighted by Gasteiger charge is 2.68. The lowest BCUT2D eigenvalue weighted by molar-refractivity contribution is -0.213. The molecule has 1 aromatic rings. The third-order valence-corrected chi connectivity index (χ3v) is 12.3. The van der Waals surface area contributed by atoms with Gasteiger partial charge in [0, 0.05) is 23.2 Å². The number of hydrogen-bond acceptors (Lipinski definition) is 8. The molecule has 0 radical (unpaired) electrons. The van der Waals surface area contributed by atoms with Crippen molar-refractivity contribution in [2.75, 3.05) is 26.2 Å². The number of carbonyl (C=O) groups is 2. The van der Waals surface area contributed by atoms with Gasteiger partial charge in [-0.1, -0.05) is 33.8 Å². The number of carbonyl (C=O) groups excluding carboxylic acids is 2. The van der Waals surface area contributed by atoms with Crippen LogP contribution in [0.4, 0.5) is 4.39 Å². The van der Waals surface area contributed by atoms with E-state index in [9.17, 15) is 19.7 Å².